The number of rotatable bonds is 7. The first-order valence-corrected chi connectivity index (χ1v) is 13.3. The molecule has 2 aromatic carbocycles. The molecule has 2 aliphatic rings. The van der Waals surface area contributed by atoms with Gasteiger partial charge in [0.05, 0.1) is 22.4 Å². The van der Waals surface area contributed by atoms with Gasteiger partial charge in [-0.1, -0.05) is 41.7 Å². The van der Waals surface area contributed by atoms with Crippen LogP contribution in [0, 0.1) is 17.8 Å². The van der Waals surface area contributed by atoms with Crippen molar-refractivity contribution in [3.63, 3.8) is 0 Å². The quantitative estimate of drug-likeness (QED) is 0.222. The summed E-state index contributed by atoms with van der Waals surface area (Å²) in [6.07, 6.45) is 1.89. The summed E-state index contributed by atoms with van der Waals surface area (Å²) in [4.78, 5) is 54.9. The highest BCUT2D eigenvalue weighted by molar-refractivity contribution is 6.37. The van der Waals surface area contributed by atoms with Crippen molar-refractivity contribution in [1.29, 1.82) is 0 Å². The minimum absolute atomic E-state index is 0.00222. The van der Waals surface area contributed by atoms with Gasteiger partial charge in [-0.2, -0.15) is 5.01 Å². The number of halogens is 4. The van der Waals surface area contributed by atoms with Crippen LogP contribution in [0.1, 0.15) is 53.3 Å². The zero-order valence-electron chi connectivity index (χ0n) is 19.4. The third-order valence-corrected chi connectivity index (χ3v) is 7.88. The van der Waals surface area contributed by atoms with E-state index >= 15 is 0 Å². The highest BCUT2D eigenvalue weighted by Gasteiger charge is 2.54. The van der Waals surface area contributed by atoms with Crippen molar-refractivity contribution >= 4 is 69.9 Å². The van der Waals surface area contributed by atoms with Crippen LogP contribution in [0.4, 0.5) is 0 Å². The van der Waals surface area contributed by atoms with Crippen LogP contribution < -0.4 is 0 Å². The van der Waals surface area contributed by atoms with Gasteiger partial charge in [0.15, 0.2) is 5.78 Å². The van der Waals surface area contributed by atoms with E-state index in [9.17, 15) is 19.2 Å². The van der Waals surface area contributed by atoms with Crippen molar-refractivity contribution in [2.45, 2.75) is 38.6 Å². The fourth-order valence-electron chi connectivity index (χ4n) is 5.02. The summed E-state index contributed by atoms with van der Waals surface area (Å²) < 4.78 is 0. The Balaban J connectivity index is 1.82. The van der Waals surface area contributed by atoms with Crippen molar-refractivity contribution in [3.8, 4) is 0 Å². The summed E-state index contributed by atoms with van der Waals surface area (Å²) in [6.45, 7) is 2.04. The van der Waals surface area contributed by atoms with Crippen LogP contribution in [0.25, 0.3) is 0 Å². The number of hydrazine groups is 1. The number of carbonyl (C=O) groups excluding carboxylic acids is 4. The first-order chi connectivity index (χ1) is 17.1. The van der Waals surface area contributed by atoms with Gasteiger partial charge in [-0.05, 0) is 74.1 Å². The number of ketones is 1. The summed E-state index contributed by atoms with van der Waals surface area (Å²) >= 11 is 24.4. The zero-order chi connectivity index (χ0) is 26.1. The lowest BCUT2D eigenvalue weighted by atomic mass is 9.76. The van der Waals surface area contributed by atoms with Gasteiger partial charge in [0.25, 0.3) is 17.7 Å². The molecule has 0 radical (unpaired) electrons. The van der Waals surface area contributed by atoms with Gasteiger partial charge in [0.1, 0.15) is 6.04 Å². The Hall–Kier alpha value is -2.12. The number of benzene rings is 2. The van der Waals surface area contributed by atoms with Gasteiger partial charge in [-0.15, -0.1) is 11.6 Å². The van der Waals surface area contributed by atoms with Gasteiger partial charge in [0, 0.05) is 21.5 Å². The second-order valence-corrected chi connectivity index (χ2v) is 10.9. The van der Waals surface area contributed by atoms with Crippen LogP contribution in [-0.4, -0.2) is 45.4 Å². The largest absolute Gasteiger partial charge is 0.292 e. The smallest absolute Gasteiger partial charge is 0.275 e. The maximum Gasteiger partial charge on any atom is 0.275 e. The molecule has 3 amide bonds. The summed E-state index contributed by atoms with van der Waals surface area (Å²) in [5.41, 5.74) is 0.271. The van der Waals surface area contributed by atoms with Crippen molar-refractivity contribution in [3.05, 3.63) is 68.7 Å². The molecule has 1 aliphatic carbocycles. The van der Waals surface area contributed by atoms with Gasteiger partial charge < -0.3 is 0 Å². The molecule has 1 aliphatic heterocycles. The number of hydrogen-bond donors (Lipinski definition) is 0. The van der Waals surface area contributed by atoms with E-state index in [4.69, 9.17) is 46.4 Å². The SMILES string of the molecule is C[C@@H]1CC[C@@H]2C(=O)N(N(C(=O)c3ccc(Cl)cc3Cl)[C@H](CCCl)C(=O)c3ccc(Cl)cc3)C(=O)[C@H]2C1. The Kier molecular flexibility index (Phi) is 8.30. The lowest BCUT2D eigenvalue weighted by Gasteiger charge is -2.36. The number of Topliss-reactive ketones (excluding diaryl/α,β-unsaturated/α-hetero) is 1. The van der Waals surface area contributed by atoms with E-state index in [1.807, 2.05) is 6.92 Å². The third-order valence-electron chi connectivity index (χ3n) is 6.86. The third kappa shape index (κ3) is 5.14. The second kappa shape index (κ2) is 11.1. The normalized spacial score (nSPS) is 22.4. The maximum absolute atomic E-state index is 14.0. The Morgan fingerprint density at radius 2 is 1.61 bits per heavy atom. The average Bonchev–Trinajstić information content (AvgIpc) is 3.08. The van der Waals surface area contributed by atoms with E-state index in [0.29, 0.717) is 22.9 Å². The summed E-state index contributed by atoms with van der Waals surface area (Å²) in [7, 11) is 0. The Morgan fingerprint density at radius 3 is 2.25 bits per heavy atom. The van der Waals surface area contributed by atoms with Crippen molar-refractivity contribution in [1.82, 2.24) is 10.0 Å². The first kappa shape index (κ1) is 26.9. The number of nitrogens with zero attached hydrogens (tertiary/aromatic N) is 2. The fraction of sp³-hybridized carbons (Fsp3) is 0.385. The van der Waals surface area contributed by atoms with E-state index in [0.717, 1.165) is 16.4 Å². The zero-order valence-corrected chi connectivity index (χ0v) is 22.4. The van der Waals surface area contributed by atoms with Crippen molar-refractivity contribution in [2.24, 2.45) is 17.8 Å². The molecule has 0 unspecified atom stereocenters. The molecular formula is C26H24Cl4N2O4. The van der Waals surface area contributed by atoms with E-state index < -0.39 is 41.4 Å². The van der Waals surface area contributed by atoms with Crippen LogP contribution in [0.15, 0.2) is 42.5 Å². The minimum Gasteiger partial charge on any atom is -0.292 e. The predicted molar refractivity (Wildman–Crippen MR) is 139 cm³/mol. The number of hydrogen-bond acceptors (Lipinski definition) is 4. The first-order valence-electron chi connectivity index (χ1n) is 11.7. The highest BCUT2D eigenvalue weighted by atomic mass is 35.5. The molecule has 36 heavy (non-hydrogen) atoms. The topological polar surface area (TPSA) is 74.8 Å². The number of imide groups is 1. The summed E-state index contributed by atoms with van der Waals surface area (Å²) in [6, 6.07) is 9.21. The Labute approximate surface area is 229 Å². The average molecular weight is 570 g/mol. The fourth-order valence-corrected chi connectivity index (χ4v) is 5.84. The molecule has 0 aromatic heterocycles. The van der Waals surface area contributed by atoms with Crippen molar-refractivity contribution in [2.75, 3.05) is 5.88 Å². The molecule has 4 atom stereocenters. The molecule has 0 N–H and O–H groups in total. The number of amides is 3. The van der Waals surface area contributed by atoms with Gasteiger partial charge in [0.2, 0.25) is 0 Å². The molecule has 190 valence electrons. The lowest BCUT2D eigenvalue weighted by Crippen LogP contribution is -2.57. The van der Waals surface area contributed by atoms with E-state index in [2.05, 4.69) is 0 Å². The molecule has 4 rings (SSSR count). The van der Waals surface area contributed by atoms with Gasteiger partial charge in [-0.3, -0.25) is 19.2 Å². The van der Waals surface area contributed by atoms with Crippen LogP contribution in [0.5, 0.6) is 0 Å². The molecular weight excluding hydrogens is 546 g/mol. The van der Waals surface area contributed by atoms with E-state index in [1.54, 1.807) is 12.1 Å². The van der Waals surface area contributed by atoms with Crippen LogP contribution in [-0.2, 0) is 9.59 Å². The van der Waals surface area contributed by atoms with Gasteiger partial charge >= 0.3 is 0 Å². The second-order valence-electron chi connectivity index (χ2n) is 9.26. The maximum atomic E-state index is 14.0. The molecule has 10 heteroatoms. The number of alkyl halides is 1. The molecule has 0 spiro atoms. The number of carbonyl (C=O) groups is 4. The highest BCUT2D eigenvalue weighted by Crippen LogP contribution is 2.42. The Bertz CT molecular complexity index is 1200. The molecule has 2 aromatic rings. The van der Waals surface area contributed by atoms with E-state index in [1.165, 1.54) is 30.3 Å². The van der Waals surface area contributed by atoms with Crippen LogP contribution in [0.2, 0.25) is 15.1 Å². The van der Waals surface area contributed by atoms with Crippen LogP contribution in [0.3, 0.4) is 0 Å². The molecule has 1 heterocycles. The molecule has 6 nitrogen and oxygen atoms in total. The summed E-state index contributed by atoms with van der Waals surface area (Å²) in [5.74, 6) is -3.02. The standard InChI is InChI=1S/C26H24Cl4N2O4/c1-14-2-8-18-20(12-14)26(36)32(24(18)34)31(25(35)19-9-7-17(29)13-21(19)30)22(10-11-27)23(33)15-3-5-16(28)6-4-15/h3-7,9,13-14,18,20,22H,2,8,10-12H2,1H3/t14-,18+,20+,22-/m1/s1. The summed E-state index contributed by atoms with van der Waals surface area (Å²) in [5, 5.41) is 2.61. The number of fused-ring (bicyclic) bond motifs is 1. The van der Waals surface area contributed by atoms with Gasteiger partial charge in [-0.25, -0.2) is 5.01 Å². The van der Waals surface area contributed by atoms with E-state index in [-0.39, 0.29) is 34.4 Å². The molecule has 1 saturated heterocycles. The predicted octanol–water partition coefficient (Wildman–Crippen LogP) is 6.31. The Morgan fingerprint density at radius 1 is 0.972 bits per heavy atom. The van der Waals surface area contributed by atoms with Crippen molar-refractivity contribution < 1.29 is 19.2 Å². The lowest BCUT2D eigenvalue weighted by molar-refractivity contribution is -0.156. The monoisotopic (exact) mass is 568 g/mol. The molecule has 2 fully saturated rings. The molecule has 1 saturated carbocycles. The van der Waals surface area contributed by atoms with Crippen LogP contribution >= 0.6 is 46.4 Å². The minimum atomic E-state index is -1.23. The molecule has 0 bridgehead atoms.